The first kappa shape index (κ1) is 28.3. The Bertz CT molecular complexity index is 785. The van der Waals surface area contributed by atoms with E-state index in [1.54, 1.807) is 0 Å². The summed E-state index contributed by atoms with van der Waals surface area (Å²) in [6.07, 6.45) is 3.58. The van der Waals surface area contributed by atoms with E-state index in [9.17, 15) is 25.2 Å². The molecule has 0 bridgehead atoms. The van der Waals surface area contributed by atoms with E-state index in [2.05, 4.69) is 41.5 Å². The largest absolute Gasteiger partial charge is 0.465 e. The van der Waals surface area contributed by atoms with Gasteiger partial charge in [0, 0.05) is 0 Å². The second kappa shape index (κ2) is 10.5. The van der Waals surface area contributed by atoms with Gasteiger partial charge in [0.05, 0.1) is 36.9 Å². The number of rotatable bonds is 7. The number of hydrogen-bond donors (Lipinski definition) is 4. The SMILES string of the molecule is CC[C@H](C(C)C)[C@@H](O)[C@H](O)[C@@H](C)[C@H]1CCC2C3COC(=O)C4C[C@H](O)[C@H](O)C[C@]4(C)C3CC[C@@]21CC. The molecule has 4 aliphatic rings. The van der Waals surface area contributed by atoms with Crippen LogP contribution in [0, 0.1) is 58.2 Å². The number of aliphatic hydroxyl groups excluding tert-OH is 4. The van der Waals surface area contributed by atoms with E-state index in [4.69, 9.17) is 4.74 Å². The van der Waals surface area contributed by atoms with Crippen molar-refractivity contribution in [3.05, 3.63) is 0 Å². The lowest BCUT2D eigenvalue weighted by molar-refractivity contribution is -0.162. The molecule has 0 aromatic carbocycles. The summed E-state index contributed by atoms with van der Waals surface area (Å²) in [5, 5.41) is 43.5. The number of ether oxygens (including phenoxy) is 1. The Morgan fingerprint density at radius 2 is 1.69 bits per heavy atom. The van der Waals surface area contributed by atoms with Gasteiger partial charge in [-0.2, -0.15) is 0 Å². The van der Waals surface area contributed by atoms with Crippen LogP contribution in [-0.2, 0) is 9.53 Å². The van der Waals surface area contributed by atoms with Gasteiger partial charge >= 0.3 is 5.97 Å². The minimum atomic E-state index is -0.868. The lowest BCUT2D eigenvalue weighted by atomic mass is 9.47. The summed E-state index contributed by atoms with van der Waals surface area (Å²) in [5.74, 6) is 1.06. The summed E-state index contributed by atoms with van der Waals surface area (Å²) in [6.45, 7) is 13.3. The highest BCUT2D eigenvalue weighted by atomic mass is 16.5. The second-order valence-electron chi connectivity index (χ2n) is 13.6. The van der Waals surface area contributed by atoms with E-state index >= 15 is 0 Å². The Kier molecular flexibility index (Phi) is 8.23. The molecule has 6 nitrogen and oxygen atoms in total. The topological polar surface area (TPSA) is 107 Å². The van der Waals surface area contributed by atoms with Crippen LogP contribution in [0.1, 0.15) is 92.9 Å². The maximum atomic E-state index is 13.1. The smallest absolute Gasteiger partial charge is 0.309 e. The zero-order valence-electron chi connectivity index (χ0n) is 23.4. The van der Waals surface area contributed by atoms with Crippen molar-refractivity contribution in [3.63, 3.8) is 0 Å². The maximum Gasteiger partial charge on any atom is 0.309 e. The highest BCUT2D eigenvalue weighted by molar-refractivity contribution is 5.74. The van der Waals surface area contributed by atoms with Crippen molar-refractivity contribution in [2.45, 2.75) is 117 Å². The summed E-state index contributed by atoms with van der Waals surface area (Å²) in [4.78, 5) is 13.1. The number of hydrogen-bond acceptors (Lipinski definition) is 6. The number of carbonyl (C=O) groups excluding carboxylic acids is 1. The molecule has 0 spiro atoms. The van der Waals surface area contributed by atoms with Gasteiger partial charge in [-0.25, -0.2) is 0 Å². The van der Waals surface area contributed by atoms with Gasteiger partial charge in [-0.3, -0.25) is 4.79 Å². The Morgan fingerprint density at radius 3 is 2.31 bits per heavy atom. The molecular weight excluding hydrogens is 456 g/mol. The summed E-state index contributed by atoms with van der Waals surface area (Å²) in [5.41, 5.74) is -0.307. The van der Waals surface area contributed by atoms with Crippen molar-refractivity contribution in [1.29, 1.82) is 0 Å². The zero-order valence-corrected chi connectivity index (χ0v) is 23.4. The molecule has 0 aromatic rings. The van der Waals surface area contributed by atoms with Crippen LogP contribution in [0.5, 0.6) is 0 Å². The lowest BCUT2D eigenvalue weighted by Gasteiger charge is -2.57. The standard InChI is InChI=1S/C30H52O6/c1-7-18(16(3)4)27(34)26(33)17(5)20-9-10-22-19-15-36-28(35)23-13-24(31)25(32)14-29(23,6)21(19)11-12-30(20,22)8-2/h16-27,31-34H,7-15H2,1-6H3/t17-,18+,19?,20+,21?,22?,23?,24-,25+,26+,27+,29+,30+/m0/s1. The van der Waals surface area contributed by atoms with Crippen LogP contribution < -0.4 is 0 Å². The lowest BCUT2D eigenvalue weighted by Crippen LogP contribution is -2.55. The monoisotopic (exact) mass is 508 g/mol. The fraction of sp³-hybridized carbons (Fsp3) is 0.967. The highest BCUT2D eigenvalue weighted by Crippen LogP contribution is 2.67. The molecule has 6 heteroatoms. The Morgan fingerprint density at radius 1 is 1.00 bits per heavy atom. The summed E-state index contributed by atoms with van der Waals surface area (Å²) in [7, 11) is 0. The first-order chi connectivity index (χ1) is 16.9. The normalized spacial score (nSPS) is 46.1. The minimum Gasteiger partial charge on any atom is -0.465 e. The van der Waals surface area contributed by atoms with Crippen molar-refractivity contribution in [1.82, 2.24) is 0 Å². The van der Waals surface area contributed by atoms with Gasteiger partial charge in [0.15, 0.2) is 0 Å². The molecule has 13 atom stereocenters. The van der Waals surface area contributed by atoms with Gasteiger partial charge in [-0.15, -0.1) is 0 Å². The Labute approximate surface area is 218 Å². The van der Waals surface area contributed by atoms with E-state index in [1.165, 1.54) is 0 Å². The van der Waals surface area contributed by atoms with E-state index in [0.717, 1.165) is 38.5 Å². The van der Waals surface area contributed by atoms with Gasteiger partial charge in [0.2, 0.25) is 0 Å². The fourth-order valence-corrected chi connectivity index (χ4v) is 10.0. The average Bonchev–Trinajstić information content (AvgIpc) is 3.19. The summed E-state index contributed by atoms with van der Waals surface area (Å²) >= 11 is 0. The number of aliphatic hydroxyl groups is 4. The Balaban J connectivity index is 1.61. The predicted molar refractivity (Wildman–Crippen MR) is 139 cm³/mol. The van der Waals surface area contributed by atoms with Gasteiger partial charge in [-0.05, 0) is 97.2 Å². The quantitative estimate of drug-likeness (QED) is 0.385. The van der Waals surface area contributed by atoms with Crippen LogP contribution in [0.25, 0.3) is 0 Å². The van der Waals surface area contributed by atoms with E-state index in [1.807, 2.05) is 0 Å². The molecule has 4 rings (SSSR count). The predicted octanol–water partition coefficient (Wildman–Crippen LogP) is 4.17. The van der Waals surface area contributed by atoms with Crippen LogP contribution >= 0.6 is 0 Å². The number of carbonyl (C=O) groups is 1. The third kappa shape index (κ3) is 4.36. The minimum absolute atomic E-state index is 0.00221. The molecule has 1 saturated heterocycles. The van der Waals surface area contributed by atoms with Gasteiger partial charge in [0.25, 0.3) is 0 Å². The van der Waals surface area contributed by atoms with Crippen LogP contribution in [0.15, 0.2) is 0 Å². The first-order valence-corrected chi connectivity index (χ1v) is 14.8. The molecule has 4 N–H and O–H groups in total. The zero-order chi connectivity index (χ0) is 26.6. The van der Waals surface area contributed by atoms with Crippen molar-refractivity contribution in [2.24, 2.45) is 58.2 Å². The van der Waals surface area contributed by atoms with Crippen molar-refractivity contribution >= 4 is 5.97 Å². The summed E-state index contributed by atoms with van der Waals surface area (Å²) < 4.78 is 5.92. The third-order valence-corrected chi connectivity index (χ3v) is 12.1. The second-order valence-corrected chi connectivity index (χ2v) is 13.6. The van der Waals surface area contributed by atoms with E-state index < -0.39 is 24.4 Å². The molecule has 208 valence electrons. The third-order valence-electron chi connectivity index (χ3n) is 12.1. The van der Waals surface area contributed by atoms with Gasteiger partial charge in [0.1, 0.15) is 0 Å². The van der Waals surface area contributed by atoms with E-state index in [-0.39, 0.29) is 52.8 Å². The Hall–Kier alpha value is -0.690. The van der Waals surface area contributed by atoms with Crippen molar-refractivity contribution < 1.29 is 30.0 Å². The fourth-order valence-electron chi connectivity index (χ4n) is 10.0. The first-order valence-electron chi connectivity index (χ1n) is 14.8. The molecule has 0 radical (unpaired) electrons. The molecule has 4 fully saturated rings. The van der Waals surface area contributed by atoms with Crippen LogP contribution in [0.4, 0.5) is 0 Å². The molecule has 3 aliphatic carbocycles. The molecule has 0 amide bonds. The summed E-state index contributed by atoms with van der Waals surface area (Å²) in [6, 6.07) is 0. The van der Waals surface area contributed by atoms with Crippen molar-refractivity contribution in [3.8, 4) is 0 Å². The van der Waals surface area contributed by atoms with Crippen LogP contribution in [0.2, 0.25) is 0 Å². The molecule has 4 unspecified atom stereocenters. The molecule has 0 aromatic heterocycles. The number of esters is 1. The molecule has 3 saturated carbocycles. The van der Waals surface area contributed by atoms with Crippen LogP contribution in [-0.4, -0.2) is 57.4 Å². The average molecular weight is 509 g/mol. The molecular formula is C30H52O6. The van der Waals surface area contributed by atoms with E-state index in [0.29, 0.717) is 30.8 Å². The van der Waals surface area contributed by atoms with Gasteiger partial charge in [-0.1, -0.05) is 48.0 Å². The maximum absolute atomic E-state index is 13.1. The van der Waals surface area contributed by atoms with Crippen molar-refractivity contribution in [2.75, 3.05) is 6.61 Å². The molecule has 1 aliphatic heterocycles. The molecule has 1 heterocycles. The number of fused-ring (bicyclic) bond motifs is 5. The molecule has 36 heavy (non-hydrogen) atoms. The highest BCUT2D eigenvalue weighted by Gasteiger charge is 2.63. The van der Waals surface area contributed by atoms with Gasteiger partial charge < -0.3 is 25.2 Å². The number of cyclic esters (lactones) is 1. The van der Waals surface area contributed by atoms with Crippen LogP contribution in [0.3, 0.4) is 0 Å².